The molecule has 1 atom stereocenters. The maximum absolute atomic E-state index is 6.34. The number of hydrogen-bond donors (Lipinski definition) is 0. The molecule has 0 aliphatic carbocycles. The Hall–Kier alpha value is -1.06. The van der Waals surface area contributed by atoms with Crippen LogP contribution in [0.4, 0.5) is 0 Å². The van der Waals surface area contributed by atoms with Crippen LogP contribution in [0.2, 0.25) is 0 Å². The van der Waals surface area contributed by atoms with Crippen LogP contribution < -0.4 is 4.74 Å². The van der Waals surface area contributed by atoms with E-state index in [4.69, 9.17) is 4.74 Å². The van der Waals surface area contributed by atoms with Gasteiger partial charge in [-0.25, -0.2) is 0 Å². The smallest absolute Gasteiger partial charge is 0.165 e. The minimum atomic E-state index is 0.214. The standard InChI is InChI=1S/C18H28N2O/c1-4-10-17(11-5-1)21-18(20-14-8-3-9-15-20)16-19-12-6-2-7-13-19/h1,4-5,10-11,18H,2-3,6-9,12-16H2. The van der Waals surface area contributed by atoms with Gasteiger partial charge in [-0.1, -0.05) is 31.0 Å². The largest absolute Gasteiger partial charge is 0.474 e. The lowest BCUT2D eigenvalue weighted by Gasteiger charge is -2.38. The SMILES string of the molecule is c1ccc(OC(CN2CCCCC2)N2CCCCC2)cc1. The maximum Gasteiger partial charge on any atom is 0.165 e. The van der Waals surface area contributed by atoms with Crippen LogP contribution in [0.5, 0.6) is 5.75 Å². The molecule has 0 N–H and O–H groups in total. The molecule has 0 amide bonds. The second-order valence-electron chi connectivity index (χ2n) is 6.34. The quantitative estimate of drug-likeness (QED) is 0.826. The zero-order chi connectivity index (χ0) is 14.3. The van der Waals surface area contributed by atoms with Gasteiger partial charge in [0, 0.05) is 19.6 Å². The second kappa shape index (κ2) is 7.81. The van der Waals surface area contributed by atoms with Crippen molar-refractivity contribution in [1.29, 1.82) is 0 Å². The molecule has 2 saturated heterocycles. The lowest BCUT2D eigenvalue weighted by Crippen LogP contribution is -2.50. The van der Waals surface area contributed by atoms with E-state index in [-0.39, 0.29) is 6.23 Å². The number of para-hydroxylation sites is 1. The van der Waals surface area contributed by atoms with Gasteiger partial charge in [0.25, 0.3) is 0 Å². The first kappa shape index (κ1) is 14.9. The summed E-state index contributed by atoms with van der Waals surface area (Å²) in [5.41, 5.74) is 0. The molecule has 1 unspecified atom stereocenters. The van der Waals surface area contributed by atoms with Crippen LogP contribution in [0, 0.1) is 0 Å². The molecule has 2 aliphatic heterocycles. The first-order valence-electron chi connectivity index (χ1n) is 8.60. The minimum absolute atomic E-state index is 0.214. The Balaban J connectivity index is 1.64. The molecule has 2 heterocycles. The predicted octanol–water partition coefficient (Wildman–Crippen LogP) is 3.36. The summed E-state index contributed by atoms with van der Waals surface area (Å²) < 4.78 is 6.34. The molecule has 2 fully saturated rings. The van der Waals surface area contributed by atoms with Crippen LogP contribution in [-0.4, -0.2) is 48.8 Å². The molecular formula is C18H28N2O. The van der Waals surface area contributed by atoms with Crippen LogP contribution >= 0.6 is 0 Å². The molecule has 0 bridgehead atoms. The molecule has 21 heavy (non-hydrogen) atoms. The van der Waals surface area contributed by atoms with E-state index in [0.717, 1.165) is 12.3 Å². The fourth-order valence-electron chi connectivity index (χ4n) is 3.45. The summed E-state index contributed by atoms with van der Waals surface area (Å²) in [4.78, 5) is 5.14. The fraction of sp³-hybridized carbons (Fsp3) is 0.667. The number of likely N-dealkylation sites (tertiary alicyclic amines) is 2. The molecule has 116 valence electrons. The molecule has 0 aromatic heterocycles. The van der Waals surface area contributed by atoms with Crippen molar-refractivity contribution in [2.45, 2.75) is 44.8 Å². The van der Waals surface area contributed by atoms with Gasteiger partial charge < -0.3 is 4.74 Å². The fourth-order valence-corrected chi connectivity index (χ4v) is 3.45. The lowest BCUT2D eigenvalue weighted by atomic mass is 10.1. The van der Waals surface area contributed by atoms with Crippen molar-refractivity contribution in [3.05, 3.63) is 30.3 Å². The first-order valence-corrected chi connectivity index (χ1v) is 8.60. The summed E-state index contributed by atoms with van der Waals surface area (Å²) in [6.07, 6.45) is 8.30. The van der Waals surface area contributed by atoms with E-state index in [2.05, 4.69) is 34.1 Å². The molecular weight excluding hydrogens is 260 g/mol. The van der Waals surface area contributed by atoms with Gasteiger partial charge in [-0.3, -0.25) is 9.80 Å². The van der Waals surface area contributed by atoms with Gasteiger partial charge in [0.1, 0.15) is 5.75 Å². The monoisotopic (exact) mass is 288 g/mol. The molecule has 2 aliphatic rings. The average Bonchev–Trinajstić information content (AvgIpc) is 2.57. The Bertz CT molecular complexity index is 397. The van der Waals surface area contributed by atoms with Crippen molar-refractivity contribution < 1.29 is 4.74 Å². The first-order chi connectivity index (χ1) is 10.4. The number of piperidine rings is 2. The number of nitrogens with zero attached hydrogens (tertiary/aromatic N) is 2. The van der Waals surface area contributed by atoms with Gasteiger partial charge in [0.15, 0.2) is 6.23 Å². The Morgan fingerprint density at radius 3 is 2.10 bits per heavy atom. The zero-order valence-corrected chi connectivity index (χ0v) is 13.0. The Labute approximate surface area is 128 Å². The Morgan fingerprint density at radius 2 is 1.43 bits per heavy atom. The normalized spacial score (nSPS) is 22.9. The summed E-state index contributed by atoms with van der Waals surface area (Å²) in [6, 6.07) is 10.3. The number of benzene rings is 1. The molecule has 0 saturated carbocycles. The van der Waals surface area contributed by atoms with Crippen LogP contribution in [-0.2, 0) is 0 Å². The van der Waals surface area contributed by atoms with Gasteiger partial charge in [0.2, 0.25) is 0 Å². The van der Waals surface area contributed by atoms with E-state index >= 15 is 0 Å². The summed E-state index contributed by atoms with van der Waals surface area (Å²) in [5.74, 6) is 1.00. The van der Waals surface area contributed by atoms with Crippen molar-refractivity contribution in [2.75, 3.05) is 32.7 Å². The summed E-state index contributed by atoms with van der Waals surface area (Å²) in [7, 11) is 0. The van der Waals surface area contributed by atoms with E-state index in [9.17, 15) is 0 Å². The minimum Gasteiger partial charge on any atom is -0.474 e. The van der Waals surface area contributed by atoms with E-state index < -0.39 is 0 Å². The highest BCUT2D eigenvalue weighted by Gasteiger charge is 2.25. The topological polar surface area (TPSA) is 15.7 Å². The van der Waals surface area contributed by atoms with E-state index in [0.29, 0.717) is 0 Å². The van der Waals surface area contributed by atoms with Crippen molar-refractivity contribution in [3.63, 3.8) is 0 Å². The molecule has 0 spiro atoms. The van der Waals surface area contributed by atoms with Gasteiger partial charge in [-0.15, -0.1) is 0 Å². The highest BCUT2D eigenvalue weighted by atomic mass is 16.5. The molecule has 3 heteroatoms. The van der Waals surface area contributed by atoms with E-state index in [1.165, 1.54) is 64.7 Å². The lowest BCUT2D eigenvalue weighted by molar-refractivity contribution is -0.0153. The van der Waals surface area contributed by atoms with Gasteiger partial charge in [-0.05, 0) is 50.9 Å². The van der Waals surface area contributed by atoms with Crippen molar-refractivity contribution in [1.82, 2.24) is 9.80 Å². The van der Waals surface area contributed by atoms with Crippen LogP contribution in [0.15, 0.2) is 30.3 Å². The van der Waals surface area contributed by atoms with Crippen molar-refractivity contribution in [3.8, 4) is 5.75 Å². The molecule has 3 nitrogen and oxygen atoms in total. The van der Waals surface area contributed by atoms with Crippen LogP contribution in [0.25, 0.3) is 0 Å². The van der Waals surface area contributed by atoms with E-state index in [1.807, 2.05) is 6.07 Å². The summed E-state index contributed by atoms with van der Waals surface area (Å²) in [5, 5.41) is 0. The third-order valence-electron chi connectivity index (χ3n) is 4.68. The second-order valence-corrected chi connectivity index (χ2v) is 6.34. The van der Waals surface area contributed by atoms with Gasteiger partial charge >= 0.3 is 0 Å². The van der Waals surface area contributed by atoms with Crippen LogP contribution in [0.3, 0.4) is 0 Å². The number of hydrogen-bond acceptors (Lipinski definition) is 3. The Kier molecular flexibility index (Phi) is 5.53. The number of rotatable bonds is 5. The van der Waals surface area contributed by atoms with Crippen LogP contribution in [0.1, 0.15) is 38.5 Å². The maximum atomic E-state index is 6.34. The highest BCUT2D eigenvalue weighted by molar-refractivity contribution is 5.21. The Morgan fingerprint density at radius 1 is 0.810 bits per heavy atom. The van der Waals surface area contributed by atoms with Crippen molar-refractivity contribution in [2.24, 2.45) is 0 Å². The van der Waals surface area contributed by atoms with E-state index in [1.54, 1.807) is 0 Å². The van der Waals surface area contributed by atoms with Gasteiger partial charge in [-0.2, -0.15) is 0 Å². The molecule has 3 rings (SSSR count). The molecule has 1 aromatic rings. The zero-order valence-electron chi connectivity index (χ0n) is 13.0. The summed E-state index contributed by atoms with van der Waals surface area (Å²) in [6.45, 7) is 5.90. The summed E-state index contributed by atoms with van der Waals surface area (Å²) >= 11 is 0. The van der Waals surface area contributed by atoms with Crippen molar-refractivity contribution >= 4 is 0 Å². The molecule has 0 radical (unpaired) electrons. The third kappa shape index (κ3) is 4.45. The highest BCUT2D eigenvalue weighted by Crippen LogP contribution is 2.19. The predicted molar refractivity (Wildman–Crippen MR) is 86.6 cm³/mol. The number of ether oxygens (including phenoxy) is 1. The third-order valence-corrected chi connectivity index (χ3v) is 4.68. The van der Waals surface area contributed by atoms with Gasteiger partial charge in [0.05, 0.1) is 0 Å². The average molecular weight is 288 g/mol. The molecule has 1 aromatic carbocycles.